The Kier molecular flexibility index (Phi) is 6.00. The summed E-state index contributed by atoms with van der Waals surface area (Å²) in [5.74, 6) is -0.239. The summed E-state index contributed by atoms with van der Waals surface area (Å²) in [6, 6.07) is 17.5. The average molecular weight is 419 g/mol. The van der Waals surface area contributed by atoms with E-state index in [9.17, 15) is 9.59 Å². The van der Waals surface area contributed by atoms with Gasteiger partial charge >= 0.3 is 0 Å². The lowest BCUT2D eigenvalue weighted by atomic mass is 9.95. The minimum absolute atomic E-state index is 0.0237. The van der Waals surface area contributed by atoms with Gasteiger partial charge in [0.2, 0.25) is 5.91 Å². The second kappa shape index (κ2) is 8.84. The van der Waals surface area contributed by atoms with Crippen molar-refractivity contribution < 1.29 is 9.59 Å². The molecule has 5 heteroatoms. The summed E-state index contributed by atoms with van der Waals surface area (Å²) in [4.78, 5) is 29.5. The molecule has 3 aromatic rings. The molecule has 0 saturated carbocycles. The van der Waals surface area contributed by atoms with Crippen molar-refractivity contribution in [2.24, 2.45) is 0 Å². The van der Waals surface area contributed by atoms with Gasteiger partial charge in [0.05, 0.1) is 5.92 Å². The van der Waals surface area contributed by atoms with Gasteiger partial charge in [0.25, 0.3) is 5.91 Å². The number of amides is 2. The number of benzene rings is 2. The highest BCUT2D eigenvalue weighted by molar-refractivity contribution is 7.10. The van der Waals surface area contributed by atoms with Crippen molar-refractivity contribution in [3.8, 4) is 0 Å². The second-order valence-electron chi connectivity index (χ2n) is 7.68. The highest BCUT2D eigenvalue weighted by atomic mass is 32.1. The summed E-state index contributed by atoms with van der Waals surface area (Å²) in [7, 11) is 0. The van der Waals surface area contributed by atoms with E-state index >= 15 is 0 Å². The minimum Gasteiger partial charge on any atom is -0.334 e. The van der Waals surface area contributed by atoms with E-state index in [-0.39, 0.29) is 17.7 Å². The molecule has 2 aromatic carbocycles. The fourth-order valence-electron chi connectivity index (χ4n) is 4.07. The molecule has 4 rings (SSSR count). The summed E-state index contributed by atoms with van der Waals surface area (Å²) >= 11 is 1.76. The van der Waals surface area contributed by atoms with Crippen LogP contribution in [0.25, 0.3) is 0 Å². The molecule has 1 aromatic heterocycles. The van der Waals surface area contributed by atoms with E-state index in [1.165, 1.54) is 10.4 Å². The van der Waals surface area contributed by atoms with Crippen LogP contribution >= 0.6 is 11.3 Å². The van der Waals surface area contributed by atoms with E-state index < -0.39 is 0 Å². The van der Waals surface area contributed by atoms with Gasteiger partial charge in [-0.25, -0.2) is 0 Å². The third-order valence-corrected chi connectivity index (χ3v) is 6.87. The lowest BCUT2D eigenvalue weighted by molar-refractivity contribution is -0.117. The van der Waals surface area contributed by atoms with Crippen molar-refractivity contribution in [1.29, 1.82) is 0 Å². The van der Waals surface area contributed by atoms with Crippen LogP contribution in [0, 0.1) is 6.92 Å². The number of nitrogens with one attached hydrogen (secondary N) is 1. The number of rotatable bonds is 5. The Morgan fingerprint density at radius 2 is 1.90 bits per heavy atom. The van der Waals surface area contributed by atoms with E-state index in [1.54, 1.807) is 11.3 Å². The molecule has 154 valence electrons. The van der Waals surface area contributed by atoms with Crippen molar-refractivity contribution in [3.63, 3.8) is 0 Å². The molecule has 2 amide bonds. The third-order valence-electron chi connectivity index (χ3n) is 5.84. The second-order valence-corrected chi connectivity index (χ2v) is 8.69. The van der Waals surface area contributed by atoms with E-state index in [0.717, 1.165) is 24.1 Å². The molecule has 1 aliphatic rings. The van der Waals surface area contributed by atoms with Crippen LogP contribution in [-0.4, -0.2) is 23.3 Å². The molecule has 0 radical (unpaired) electrons. The van der Waals surface area contributed by atoms with Crippen LogP contribution in [-0.2, 0) is 17.8 Å². The number of hydrogen-bond donors (Lipinski definition) is 1. The number of fused-ring (bicyclic) bond motifs is 1. The standard InChI is InChI=1S/C25H26N2O2S/c1-3-20(18-8-5-4-6-9-18)24(28)26-22-11-7-10-21(17(22)2)25(29)27-14-12-23-19(16-27)13-15-30-23/h4-11,13,15,20H,3,12,14,16H2,1-2H3,(H,26,28)/t20-/m0/s1. The van der Waals surface area contributed by atoms with Crippen molar-refractivity contribution >= 4 is 28.8 Å². The predicted molar refractivity (Wildman–Crippen MR) is 122 cm³/mol. The molecule has 0 bridgehead atoms. The maximum absolute atomic E-state index is 13.2. The number of thiophene rings is 1. The third kappa shape index (κ3) is 4.03. The van der Waals surface area contributed by atoms with Gasteiger partial charge in [-0.3, -0.25) is 9.59 Å². The van der Waals surface area contributed by atoms with Crippen LogP contribution in [0.5, 0.6) is 0 Å². The summed E-state index contributed by atoms with van der Waals surface area (Å²) in [6.07, 6.45) is 1.62. The Balaban J connectivity index is 1.53. The predicted octanol–water partition coefficient (Wildman–Crippen LogP) is 5.39. The van der Waals surface area contributed by atoms with E-state index in [1.807, 2.05) is 67.3 Å². The maximum atomic E-state index is 13.2. The number of anilines is 1. The first kappa shape index (κ1) is 20.4. The Morgan fingerprint density at radius 1 is 1.10 bits per heavy atom. The van der Waals surface area contributed by atoms with Gasteiger partial charge in [0.1, 0.15) is 0 Å². The van der Waals surface area contributed by atoms with Crippen molar-refractivity contribution in [3.05, 3.63) is 87.1 Å². The SMILES string of the molecule is CC[C@H](C(=O)Nc1cccc(C(=O)N2CCc3sccc3C2)c1C)c1ccccc1. The lowest BCUT2D eigenvalue weighted by Crippen LogP contribution is -2.35. The number of carbonyl (C=O) groups excluding carboxylic acids is 2. The molecule has 30 heavy (non-hydrogen) atoms. The molecule has 0 unspecified atom stereocenters. The molecule has 1 atom stereocenters. The first-order valence-corrected chi connectivity index (χ1v) is 11.3. The van der Waals surface area contributed by atoms with Gasteiger partial charge in [0, 0.05) is 29.2 Å². The zero-order valence-corrected chi connectivity index (χ0v) is 18.2. The Hall–Kier alpha value is -2.92. The highest BCUT2D eigenvalue weighted by Gasteiger charge is 2.25. The summed E-state index contributed by atoms with van der Waals surface area (Å²) in [5, 5.41) is 5.16. The molecule has 0 fully saturated rings. The van der Waals surface area contributed by atoms with E-state index in [4.69, 9.17) is 0 Å². The molecule has 2 heterocycles. The smallest absolute Gasteiger partial charge is 0.254 e. The Morgan fingerprint density at radius 3 is 2.67 bits per heavy atom. The number of hydrogen-bond acceptors (Lipinski definition) is 3. The summed E-state index contributed by atoms with van der Waals surface area (Å²) < 4.78 is 0. The van der Waals surface area contributed by atoms with Crippen LogP contribution in [0.4, 0.5) is 5.69 Å². The fourth-order valence-corrected chi connectivity index (χ4v) is 4.96. The van der Waals surface area contributed by atoms with Gasteiger partial charge in [-0.1, -0.05) is 43.3 Å². The monoisotopic (exact) mass is 418 g/mol. The summed E-state index contributed by atoms with van der Waals surface area (Å²) in [5.41, 5.74) is 4.42. The molecule has 4 nitrogen and oxygen atoms in total. The minimum atomic E-state index is -0.218. The van der Waals surface area contributed by atoms with Crippen molar-refractivity contribution in [1.82, 2.24) is 4.90 Å². The first-order valence-electron chi connectivity index (χ1n) is 10.4. The average Bonchev–Trinajstić information content (AvgIpc) is 3.24. The van der Waals surface area contributed by atoms with Gasteiger partial charge in [-0.05, 0) is 60.0 Å². The summed E-state index contributed by atoms with van der Waals surface area (Å²) in [6.45, 7) is 5.30. The van der Waals surface area contributed by atoms with Crippen LogP contribution < -0.4 is 5.32 Å². The van der Waals surface area contributed by atoms with E-state index in [2.05, 4.69) is 16.8 Å². The molecular weight excluding hydrogens is 392 g/mol. The lowest BCUT2D eigenvalue weighted by Gasteiger charge is -2.28. The molecule has 1 aliphatic heterocycles. The van der Waals surface area contributed by atoms with Crippen molar-refractivity contribution in [2.45, 2.75) is 39.2 Å². The normalized spacial score (nSPS) is 14.1. The van der Waals surface area contributed by atoms with Gasteiger partial charge in [0.15, 0.2) is 0 Å². The Labute approximate surface area is 181 Å². The number of carbonyl (C=O) groups is 2. The van der Waals surface area contributed by atoms with Crippen LogP contribution in [0.2, 0.25) is 0 Å². The highest BCUT2D eigenvalue weighted by Crippen LogP contribution is 2.28. The van der Waals surface area contributed by atoms with E-state index in [0.29, 0.717) is 24.2 Å². The topological polar surface area (TPSA) is 49.4 Å². The Bertz CT molecular complexity index is 1060. The van der Waals surface area contributed by atoms with Crippen LogP contribution in [0.3, 0.4) is 0 Å². The van der Waals surface area contributed by atoms with Gasteiger partial charge in [-0.15, -0.1) is 11.3 Å². The molecular formula is C25H26N2O2S. The molecule has 0 saturated heterocycles. The number of nitrogens with zero attached hydrogens (tertiary/aromatic N) is 1. The van der Waals surface area contributed by atoms with Crippen LogP contribution in [0.15, 0.2) is 60.0 Å². The zero-order valence-electron chi connectivity index (χ0n) is 17.4. The molecule has 0 spiro atoms. The van der Waals surface area contributed by atoms with Crippen molar-refractivity contribution in [2.75, 3.05) is 11.9 Å². The maximum Gasteiger partial charge on any atom is 0.254 e. The first-order chi connectivity index (χ1) is 14.6. The quantitative estimate of drug-likeness (QED) is 0.604. The molecule has 0 aliphatic carbocycles. The van der Waals surface area contributed by atoms with Gasteiger partial charge in [-0.2, -0.15) is 0 Å². The molecule has 1 N–H and O–H groups in total. The fraction of sp³-hybridized carbons (Fsp3) is 0.280. The van der Waals surface area contributed by atoms with Crippen LogP contribution in [0.1, 0.15) is 51.2 Å². The zero-order chi connectivity index (χ0) is 21.1. The largest absolute Gasteiger partial charge is 0.334 e. The van der Waals surface area contributed by atoms with Gasteiger partial charge < -0.3 is 10.2 Å².